The molecule has 0 atom stereocenters. The number of carbonyl (C=O) groups excluding carboxylic acids is 1. The number of anilines is 2. The number of fused-ring (bicyclic) bond motifs is 2. The second kappa shape index (κ2) is 4.67. The summed E-state index contributed by atoms with van der Waals surface area (Å²) < 4.78 is 14.1. The topological polar surface area (TPSA) is 64.9 Å². The summed E-state index contributed by atoms with van der Waals surface area (Å²) in [5.41, 5.74) is 3.10. The van der Waals surface area contributed by atoms with E-state index < -0.39 is 5.82 Å². The number of nitrogens with one attached hydrogen (secondary N) is 1. The second-order valence-electron chi connectivity index (χ2n) is 5.37. The van der Waals surface area contributed by atoms with Crippen LogP contribution >= 0.6 is 0 Å². The minimum Gasteiger partial charge on any atom is -0.410 e. The number of para-hydroxylation sites is 2. The Bertz CT molecular complexity index is 918. The quantitative estimate of drug-likeness (QED) is 0.447. The van der Waals surface area contributed by atoms with Crippen molar-refractivity contribution in [1.29, 1.82) is 0 Å². The van der Waals surface area contributed by atoms with Gasteiger partial charge in [0.15, 0.2) is 0 Å². The third kappa shape index (κ3) is 1.72. The number of likely N-dealkylation sites (N-methyl/N-ethyl adjacent to an activating group) is 1. The second-order valence-corrected chi connectivity index (χ2v) is 5.37. The molecule has 2 aromatic rings. The van der Waals surface area contributed by atoms with Crippen molar-refractivity contribution in [3.8, 4) is 0 Å². The first-order chi connectivity index (χ1) is 11.1. The average molecular weight is 309 g/mol. The van der Waals surface area contributed by atoms with Crippen LogP contribution in [0.15, 0.2) is 53.3 Å². The Hall–Kier alpha value is -3.15. The van der Waals surface area contributed by atoms with Gasteiger partial charge in [0.25, 0.3) is 5.91 Å². The van der Waals surface area contributed by atoms with E-state index in [1.165, 1.54) is 18.0 Å². The van der Waals surface area contributed by atoms with E-state index in [4.69, 9.17) is 0 Å². The van der Waals surface area contributed by atoms with E-state index in [1.54, 1.807) is 18.2 Å². The lowest BCUT2D eigenvalue weighted by molar-refractivity contribution is -0.112. The lowest BCUT2D eigenvalue weighted by Gasteiger charge is -2.09. The minimum atomic E-state index is -0.466. The van der Waals surface area contributed by atoms with Crippen molar-refractivity contribution in [3.63, 3.8) is 0 Å². The van der Waals surface area contributed by atoms with Gasteiger partial charge in [-0.15, -0.1) is 0 Å². The molecule has 0 fully saturated rings. The third-order valence-corrected chi connectivity index (χ3v) is 4.14. The first kappa shape index (κ1) is 13.5. The summed E-state index contributed by atoms with van der Waals surface area (Å²) in [4.78, 5) is 13.9. The Morgan fingerprint density at radius 3 is 2.65 bits per heavy atom. The van der Waals surface area contributed by atoms with Crippen LogP contribution in [-0.2, 0) is 4.79 Å². The zero-order chi connectivity index (χ0) is 16.1. The molecule has 2 aliphatic heterocycles. The van der Waals surface area contributed by atoms with Crippen molar-refractivity contribution < 1.29 is 14.4 Å². The number of benzene rings is 2. The monoisotopic (exact) mass is 309 g/mol. The van der Waals surface area contributed by atoms with Gasteiger partial charge in [-0.2, -0.15) is 0 Å². The van der Waals surface area contributed by atoms with Crippen LogP contribution in [0.25, 0.3) is 5.57 Å². The molecule has 1 amide bonds. The summed E-state index contributed by atoms with van der Waals surface area (Å²) in [6, 6.07) is 11.8. The van der Waals surface area contributed by atoms with E-state index in [9.17, 15) is 14.4 Å². The summed E-state index contributed by atoms with van der Waals surface area (Å²) in [6.45, 7) is 0. The molecule has 0 unspecified atom stereocenters. The fraction of sp³-hybridized carbons (Fsp3) is 0.0588. The molecule has 0 bridgehead atoms. The number of hydrogen-bond donors (Lipinski definition) is 2. The maximum Gasteiger partial charge on any atom is 0.261 e. The molecule has 0 radical (unpaired) electrons. The van der Waals surface area contributed by atoms with Crippen LogP contribution in [0.5, 0.6) is 0 Å². The third-order valence-electron chi connectivity index (χ3n) is 4.14. The van der Waals surface area contributed by atoms with Gasteiger partial charge in [-0.25, -0.2) is 4.39 Å². The highest BCUT2D eigenvalue weighted by Gasteiger charge is 2.38. The molecule has 23 heavy (non-hydrogen) atoms. The first-order valence-electron chi connectivity index (χ1n) is 7.03. The van der Waals surface area contributed by atoms with E-state index >= 15 is 0 Å². The van der Waals surface area contributed by atoms with Gasteiger partial charge in [0.05, 0.1) is 17.0 Å². The molecule has 2 aromatic carbocycles. The van der Waals surface area contributed by atoms with Crippen LogP contribution < -0.4 is 10.2 Å². The van der Waals surface area contributed by atoms with Crippen molar-refractivity contribution in [2.45, 2.75) is 0 Å². The number of hydrogen-bond acceptors (Lipinski definition) is 4. The molecule has 2 N–H and O–H groups in total. The summed E-state index contributed by atoms with van der Waals surface area (Å²) >= 11 is 0. The van der Waals surface area contributed by atoms with E-state index in [1.807, 2.05) is 18.2 Å². The Labute approximate surface area is 131 Å². The number of halogens is 1. The number of carbonyl (C=O) groups is 1. The van der Waals surface area contributed by atoms with Crippen LogP contribution in [0.2, 0.25) is 0 Å². The smallest absolute Gasteiger partial charge is 0.261 e. The van der Waals surface area contributed by atoms with E-state index in [0.717, 1.165) is 5.69 Å². The van der Waals surface area contributed by atoms with Crippen molar-refractivity contribution >= 4 is 28.6 Å². The Balaban J connectivity index is 2.01. The summed E-state index contributed by atoms with van der Waals surface area (Å²) in [5, 5.41) is 15.9. The predicted molar refractivity (Wildman–Crippen MR) is 85.1 cm³/mol. The highest BCUT2D eigenvalue weighted by atomic mass is 19.1. The molecule has 5 nitrogen and oxygen atoms in total. The van der Waals surface area contributed by atoms with Gasteiger partial charge in [-0.3, -0.25) is 4.79 Å². The van der Waals surface area contributed by atoms with Gasteiger partial charge in [-0.1, -0.05) is 35.5 Å². The normalized spacial score (nSPS) is 20.7. The number of nitrogens with zero attached hydrogens (tertiary/aromatic N) is 2. The van der Waals surface area contributed by atoms with Crippen LogP contribution in [0.3, 0.4) is 0 Å². The van der Waals surface area contributed by atoms with Crippen molar-refractivity contribution in [1.82, 2.24) is 0 Å². The number of rotatable bonds is 0. The first-order valence-corrected chi connectivity index (χ1v) is 7.03. The van der Waals surface area contributed by atoms with Gasteiger partial charge in [0.1, 0.15) is 11.5 Å². The molecule has 0 aliphatic carbocycles. The Morgan fingerprint density at radius 1 is 1.13 bits per heavy atom. The number of oxime groups is 1. The molecule has 0 saturated heterocycles. The van der Waals surface area contributed by atoms with Crippen LogP contribution in [0.4, 0.5) is 15.8 Å². The molecule has 0 saturated carbocycles. The fourth-order valence-corrected chi connectivity index (χ4v) is 3.10. The van der Waals surface area contributed by atoms with Gasteiger partial charge in [0, 0.05) is 23.9 Å². The van der Waals surface area contributed by atoms with Crippen LogP contribution in [0.1, 0.15) is 11.1 Å². The molecule has 2 aliphatic rings. The van der Waals surface area contributed by atoms with Crippen molar-refractivity contribution in [2.75, 3.05) is 17.3 Å². The molecule has 0 spiro atoms. The van der Waals surface area contributed by atoms with Gasteiger partial charge >= 0.3 is 0 Å². The number of allylic oxidation sites excluding steroid dienone is 1. The molecule has 114 valence electrons. The maximum atomic E-state index is 14.1. The zero-order valence-electron chi connectivity index (χ0n) is 12.2. The summed E-state index contributed by atoms with van der Waals surface area (Å²) in [6.07, 6.45) is 0. The van der Waals surface area contributed by atoms with Gasteiger partial charge < -0.3 is 15.4 Å². The lowest BCUT2D eigenvalue weighted by atomic mass is 10.0. The number of amides is 1. The molecule has 0 aromatic heterocycles. The van der Waals surface area contributed by atoms with E-state index in [0.29, 0.717) is 22.4 Å². The molecule has 4 rings (SSSR count). The molecular formula is C17H12FN3O2. The molecular weight excluding hydrogens is 297 g/mol. The Kier molecular flexibility index (Phi) is 2.74. The summed E-state index contributed by atoms with van der Waals surface area (Å²) in [7, 11) is 1.52. The highest BCUT2D eigenvalue weighted by molar-refractivity contribution is 6.40. The van der Waals surface area contributed by atoms with Crippen LogP contribution in [0, 0.1) is 5.82 Å². The van der Waals surface area contributed by atoms with Crippen molar-refractivity contribution in [2.24, 2.45) is 5.16 Å². The average Bonchev–Trinajstić information content (AvgIpc) is 3.04. The fourth-order valence-electron chi connectivity index (χ4n) is 3.10. The maximum absolute atomic E-state index is 14.1. The molecule has 2 heterocycles. The van der Waals surface area contributed by atoms with Gasteiger partial charge in [-0.05, 0) is 12.1 Å². The minimum absolute atomic E-state index is 0.232. The zero-order valence-corrected chi connectivity index (χ0v) is 12.2. The van der Waals surface area contributed by atoms with Crippen LogP contribution in [-0.4, -0.2) is 23.9 Å². The molecule has 6 heteroatoms. The van der Waals surface area contributed by atoms with Crippen molar-refractivity contribution in [3.05, 3.63) is 65.1 Å². The Morgan fingerprint density at radius 2 is 1.87 bits per heavy atom. The van der Waals surface area contributed by atoms with E-state index in [2.05, 4.69) is 10.5 Å². The largest absolute Gasteiger partial charge is 0.410 e. The van der Waals surface area contributed by atoms with E-state index in [-0.39, 0.29) is 17.3 Å². The standard InChI is InChI=1S/C17H12FN3O2/c1-21-16-10(6-4-7-11(16)18)13(17(21)22)15-14(20-23)9-5-2-3-8-12(9)19-15/h2-8,19,23H,1H3/b15-13-,20-14-. The SMILES string of the molecule is CN1C(=O)/C(=C2\Nc3ccccc3\C2=N\O)c2cccc(F)c21. The van der Waals surface area contributed by atoms with Gasteiger partial charge in [0.2, 0.25) is 0 Å². The highest BCUT2D eigenvalue weighted by Crippen LogP contribution is 2.42. The lowest BCUT2D eigenvalue weighted by Crippen LogP contribution is -2.23. The summed E-state index contributed by atoms with van der Waals surface area (Å²) in [5.74, 6) is -0.812. The predicted octanol–water partition coefficient (Wildman–Crippen LogP) is 2.82.